The van der Waals surface area contributed by atoms with Crippen LogP contribution in [0.1, 0.15) is 12.7 Å². The third-order valence-corrected chi connectivity index (χ3v) is 5.16. The molecule has 0 saturated carbocycles. The van der Waals surface area contributed by atoms with Crippen LogP contribution in [0.2, 0.25) is 5.02 Å². The van der Waals surface area contributed by atoms with Gasteiger partial charge in [-0.1, -0.05) is 41.6 Å². The molecule has 0 fully saturated rings. The molecule has 0 unspecified atom stereocenters. The molecule has 0 N–H and O–H groups in total. The van der Waals surface area contributed by atoms with Crippen LogP contribution < -0.4 is 5.01 Å². The van der Waals surface area contributed by atoms with E-state index in [0.717, 1.165) is 15.7 Å². The maximum Gasteiger partial charge on any atom is 0.280 e. The number of carbonyl (C=O) groups is 1. The number of benzene rings is 2. The fraction of sp³-hybridized carbons (Fsp3) is 0.0476. The highest BCUT2D eigenvalue weighted by Gasteiger charge is 2.28. The second-order valence-corrected chi connectivity index (χ2v) is 7.42. The molecule has 6 heteroatoms. The Morgan fingerprint density at radius 2 is 1.78 bits per heavy atom. The minimum atomic E-state index is -0.165. The number of furan rings is 1. The first-order valence-corrected chi connectivity index (χ1v) is 9.49. The minimum absolute atomic E-state index is 0.165. The van der Waals surface area contributed by atoms with E-state index in [1.165, 1.54) is 16.8 Å². The highest BCUT2D eigenvalue weighted by molar-refractivity contribution is 7.99. The molecular weight excluding hydrogens is 380 g/mol. The van der Waals surface area contributed by atoms with Crippen molar-refractivity contribution in [3.05, 3.63) is 83.1 Å². The number of para-hydroxylation sites is 1. The summed E-state index contributed by atoms with van der Waals surface area (Å²) < 4.78 is 5.85. The average molecular weight is 395 g/mol. The Morgan fingerprint density at radius 3 is 2.52 bits per heavy atom. The van der Waals surface area contributed by atoms with Crippen molar-refractivity contribution in [3.63, 3.8) is 0 Å². The largest absolute Gasteiger partial charge is 0.450 e. The van der Waals surface area contributed by atoms with Crippen LogP contribution in [-0.4, -0.2) is 11.6 Å². The van der Waals surface area contributed by atoms with Gasteiger partial charge < -0.3 is 4.42 Å². The molecule has 1 aliphatic heterocycles. The number of amides is 1. The van der Waals surface area contributed by atoms with Gasteiger partial charge in [-0.05, 0) is 61.5 Å². The molecule has 27 heavy (non-hydrogen) atoms. The first-order valence-electron chi connectivity index (χ1n) is 8.30. The highest BCUT2D eigenvalue weighted by atomic mass is 35.5. The van der Waals surface area contributed by atoms with Gasteiger partial charge in [0.1, 0.15) is 5.76 Å². The van der Waals surface area contributed by atoms with E-state index in [4.69, 9.17) is 16.0 Å². The van der Waals surface area contributed by atoms with Crippen LogP contribution in [0.25, 0.3) is 6.08 Å². The molecule has 1 aromatic heterocycles. The van der Waals surface area contributed by atoms with E-state index in [0.29, 0.717) is 22.1 Å². The Morgan fingerprint density at radius 1 is 1.04 bits per heavy atom. The molecule has 0 bridgehead atoms. The third kappa shape index (κ3) is 3.84. The Bertz CT molecular complexity index is 1040. The Hall–Kier alpha value is -2.76. The van der Waals surface area contributed by atoms with Crippen molar-refractivity contribution in [3.8, 4) is 0 Å². The van der Waals surface area contributed by atoms with Crippen molar-refractivity contribution in [1.29, 1.82) is 0 Å². The standard InChI is InChI=1S/C21H15ClN2O2S/c1-14-19(21(25)24(23-14)16-5-3-2-4-6-16)13-17-9-12-20(26-17)27-18-10-7-15(22)8-11-18/h2-13H,1H3/b19-13-. The Kier molecular flexibility index (Phi) is 4.88. The van der Waals surface area contributed by atoms with Gasteiger partial charge in [-0.2, -0.15) is 10.1 Å². The zero-order valence-corrected chi connectivity index (χ0v) is 16.0. The van der Waals surface area contributed by atoms with E-state index in [-0.39, 0.29) is 5.91 Å². The molecule has 134 valence electrons. The van der Waals surface area contributed by atoms with Crippen molar-refractivity contribution in [1.82, 2.24) is 0 Å². The minimum Gasteiger partial charge on any atom is -0.450 e. The molecule has 2 heterocycles. The van der Waals surface area contributed by atoms with Crippen LogP contribution in [0.4, 0.5) is 5.69 Å². The van der Waals surface area contributed by atoms with Gasteiger partial charge in [-0.15, -0.1) is 0 Å². The Labute approximate surface area is 166 Å². The van der Waals surface area contributed by atoms with Crippen molar-refractivity contribution in [2.45, 2.75) is 16.9 Å². The van der Waals surface area contributed by atoms with Crippen molar-refractivity contribution in [2.24, 2.45) is 5.10 Å². The lowest BCUT2D eigenvalue weighted by molar-refractivity contribution is -0.114. The molecule has 4 rings (SSSR count). The summed E-state index contributed by atoms with van der Waals surface area (Å²) in [6.07, 6.45) is 1.73. The predicted octanol–water partition coefficient (Wildman–Crippen LogP) is 5.89. The summed E-state index contributed by atoms with van der Waals surface area (Å²) in [6.45, 7) is 1.82. The topological polar surface area (TPSA) is 45.8 Å². The lowest BCUT2D eigenvalue weighted by Crippen LogP contribution is -2.21. The lowest BCUT2D eigenvalue weighted by atomic mass is 10.1. The molecular formula is C21H15ClN2O2S. The molecule has 0 saturated heterocycles. The fourth-order valence-corrected chi connectivity index (χ4v) is 3.56. The summed E-state index contributed by atoms with van der Waals surface area (Å²) in [4.78, 5) is 13.8. The van der Waals surface area contributed by atoms with E-state index in [1.807, 2.05) is 73.7 Å². The number of halogens is 1. The number of anilines is 1. The van der Waals surface area contributed by atoms with E-state index < -0.39 is 0 Å². The molecule has 0 atom stereocenters. The summed E-state index contributed by atoms with van der Waals surface area (Å²) in [5.41, 5.74) is 1.92. The van der Waals surface area contributed by atoms with Gasteiger partial charge in [0.15, 0.2) is 5.09 Å². The summed E-state index contributed by atoms with van der Waals surface area (Å²) >= 11 is 7.40. The molecule has 1 aliphatic rings. The third-order valence-electron chi connectivity index (χ3n) is 3.98. The monoisotopic (exact) mass is 394 g/mol. The smallest absolute Gasteiger partial charge is 0.280 e. The van der Waals surface area contributed by atoms with E-state index >= 15 is 0 Å². The first kappa shape index (κ1) is 17.6. The first-order chi connectivity index (χ1) is 13.1. The average Bonchev–Trinajstić information content (AvgIpc) is 3.24. The van der Waals surface area contributed by atoms with Gasteiger partial charge in [0, 0.05) is 9.92 Å². The van der Waals surface area contributed by atoms with Crippen LogP contribution in [0, 0.1) is 0 Å². The Balaban J connectivity index is 1.54. The number of hydrogen-bond donors (Lipinski definition) is 0. The normalized spacial score (nSPS) is 15.5. The zero-order valence-electron chi connectivity index (χ0n) is 14.4. The van der Waals surface area contributed by atoms with E-state index in [1.54, 1.807) is 6.08 Å². The number of rotatable bonds is 4. The van der Waals surface area contributed by atoms with Crippen molar-refractivity contribution >= 4 is 46.7 Å². The number of hydrazone groups is 1. The van der Waals surface area contributed by atoms with Crippen LogP contribution in [0.15, 0.2) is 91.8 Å². The van der Waals surface area contributed by atoms with Crippen LogP contribution in [0.3, 0.4) is 0 Å². The van der Waals surface area contributed by atoms with Gasteiger partial charge >= 0.3 is 0 Å². The quantitative estimate of drug-likeness (QED) is 0.518. The maximum absolute atomic E-state index is 12.7. The number of nitrogens with zero attached hydrogens (tertiary/aromatic N) is 2. The zero-order chi connectivity index (χ0) is 18.8. The fourth-order valence-electron chi connectivity index (χ4n) is 2.66. The molecule has 2 aromatic carbocycles. The number of carbonyl (C=O) groups excluding carboxylic acids is 1. The molecule has 3 aromatic rings. The van der Waals surface area contributed by atoms with Crippen molar-refractivity contribution < 1.29 is 9.21 Å². The summed E-state index contributed by atoms with van der Waals surface area (Å²) in [5.74, 6) is 0.446. The molecule has 0 spiro atoms. The van der Waals surface area contributed by atoms with Crippen LogP contribution in [0.5, 0.6) is 0 Å². The SMILES string of the molecule is CC1=NN(c2ccccc2)C(=O)/C1=C\c1ccc(Sc2ccc(Cl)cc2)o1. The van der Waals surface area contributed by atoms with Gasteiger partial charge in [-0.25, -0.2) is 0 Å². The second kappa shape index (κ2) is 7.47. The molecule has 4 nitrogen and oxygen atoms in total. The predicted molar refractivity (Wildman–Crippen MR) is 109 cm³/mol. The molecule has 0 radical (unpaired) electrons. The van der Waals surface area contributed by atoms with Gasteiger partial charge in [-0.3, -0.25) is 4.79 Å². The number of hydrogen-bond acceptors (Lipinski definition) is 4. The van der Waals surface area contributed by atoms with Gasteiger partial charge in [0.25, 0.3) is 5.91 Å². The summed E-state index contributed by atoms with van der Waals surface area (Å²) in [6, 6.07) is 20.6. The highest BCUT2D eigenvalue weighted by Crippen LogP contribution is 2.31. The summed E-state index contributed by atoms with van der Waals surface area (Å²) in [7, 11) is 0. The van der Waals surface area contributed by atoms with Crippen LogP contribution >= 0.6 is 23.4 Å². The lowest BCUT2D eigenvalue weighted by Gasteiger charge is -2.10. The molecule has 1 amide bonds. The van der Waals surface area contributed by atoms with Gasteiger partial charge in [0.2, 0.25) is 0 Å². The van der Waals surface area contributed by atoms with E-state index in [2.05, 4.69) is 5.10 Å². The van der Waals surface area contributed by atoms with E-state index in [9.17, 15) is 4.79 Å². The van der Waals surface area contributed by atoms with Crippen molar-refractivity contribution in [2.75, 3.05) is 5.01 Å². The molecule has 0 aliphatic carbocycles. The summed E-state index contributed by atoms with van der Waals surface area (Å²) in [5, 5.41) is 7.22. The van der Waals surface area contributed by atoms with Gasteiger partial charge in [0.05, 0.1) is 17.0 Å². The second-order valence-electron chi connectivity index (χ2n) is 5.91. The van der Waals surface area contributed by atoms with Crippen LogP contribution in [-0.2, 0) is 4.79 Å². The maximum atomic E-state index is 12.7.